The lowest BCUT2D eigenvalue weighted by atomic mass is 9.79. The quantitative estimate of drug-likeness (QED) is 0.920. The van der Waals surface area contributed by atoms with Gasteiger partial charge in [0.25, 0.3) is 0 Å². The Balaban J connectivity index is 1.92. The average molecular weight is 272 g/mol. The minimum Gasteiger partial charge on any atom is -0.440 e. The lowest BCUT2D eigenvalue weighted by Crippen LogP contribution is -2.46. The third kappa shape index (κ3) is 2.47. The molecule has 3 nitrogen and oxygen atoms in total. The van der Waals surface area contributed by atoms with Crippen LogP contribution in [-0.4, -0.2) is 17.6 Å². The van der Waals surface area contributed by atoms with Gasteiger partial charge in [-0.3, -0.25) is 0 Å². The molecule has 1 aromatic heterocycles. The summed E-state index contributed by atoms with van der Waals surface area (Å²) in [6.45, 7) is 4.20. The molecule has 3 heteroatoms. The van der Waals surface area contributed by atoms with Gasteiger partial charge in [0.15, 0.2) is 11.5 Å². The Morgan fingerprint density at radius 2 is 1.95 bits per heavy atom. The maximum Gasteiger partial charge on any atom is 0.197 e. The van der Waals surface area contributed by atoms with Crippen LogP contribution in [0.3, 0.4) is 0 Å². The van der Waals surface area contributed by atoms with Gasteiger partial charge in [-0.2, -0.15) is 0 Å². The Hall–Kier alpha value is -1.35. The van der Waals surface area contributed by atoms with Crippen molar-refractivity contribution >= 4 is 11.1 Å². The number of aromatic nitrogens is 1. The molecule has 1 aliphatic carbocycles. The van der Waals surface area contributed by atoms with E-state index in [4.69, 9.17) is 9.40 Å². The molecule has 108 valence electrons. The monoisotopic (exact) mass is 272 g/mol. The SMILES string of the molecule is CNC1(Cc2nc3cc(C)cc(C)c3o2)CCCCC1. The molecule has 0 aliphatic heterocycles. The van der Waals surface area contributed by atoms with Gasteiger partial charge >= 0.3 is 0 Å². The minimum absolute atomic E-state index is 0.183. The molecule has 2 aromatic rings. The lowest BCUT2D eigenvalue weighted by Gasteiger charge is -2.36. The van der Waals surface area contributed by atoms with Gasteiger partial charge in [-0.25, -0.2) is 4.98 Å². The maximum atomic E-state index is 6.03. The van der Waals surface area contributed by atoms with Gasteiger partial charge in [-0.15, -0.1) is 0 Å². The fourth-order valence-electron chi connectivity index (χ4n) is 3.53. The average Bonchev–Trinajstić information content (AvgIpc) is 2.82. The summed E-state index contributed by atoms with van der Waals surface area (Å²) >= 11 is 0. The number of hydrogen-bond donors (Lipinski definition) is 1. The highest BCUT2D eigenvalue weighted by molar-refractivity contribution is 5.77. The van der Waals surface area contributed by atoms with Gasteiger partial charge in [0, 0.05) is 12.0 Å². The molecule has 0 unspecified atom stereocenters. The van der Waals surface area contributed by atoms with E-state index in [1.807, 2.05) is 0 Å². The fraction of sp³-hybridized carbons (Fsp3) is 0.588. The van der Waals surface area contributed by atoms with Crippen molar-refractivity contribution in [2.75, 3.05) is 7.05 Å². The summed E-state index contributed by atoms with van der Waals surface area (Å²) < 4.78 is 6.03. The first-order valence-electron chi connectivity index (χ1n) is 7.67. The number of fused-ring (bicyclic) bond motifs is 1. The van der Waals surface area contributed by atoms with E-state index in [2.05, 4.69) is 38.3 Å². The van der Waals surface area contributed by atoms with Crippen molar-refractivity contribution in [2.45, 2.75) is 57.9 Å². The largest absolute Gasteiger partial charge is 0.440 e. The van der Waals surface area contributed by atoms with Gasteiger partial charge in [0.1, 0.15) is 5.52 Å². The molecule has 1 N–H and O–H groups in total. The second kappa shape index (κ2) is 5.21. The lowest BCUT2D eigenvalue weighted by molar-refractivity contribution is 0.230. The number of aryl methyl sites for hydroxylation is 2. The highest BCUT2D eigenvalue weighted by Gasteiger charge is 2.32. The third-order valence-corrected chi connectivity index (χ3v) is 4.69. The predicted octanol–water partition coefficient (Wildman–Crippen LogP) is 3.91. The Bertz CT molecular complexity index is 609. The summed E-state index contributed by atoms with van der Waals surface area (Å²) in [5.41, 5.74) is 4.56. The number of rotatable bonds is 3. The van der Waals surface area contributed by atoms with Gasteiger partial charge in [-0.05, 0) is 50.9 Å². The zero-order valence-electron chi connectivity index (χ0n) is 12.8. The van der Waals surface area contributed by atoms with E-state index in [0.717, 1.165) is 23.4 Å². The van der Waals surface area contributed by atoms with E-state index >= 15 is 0 Å². The van der Waals surface area contributed by atoms with Crippen LogP contribution in [0.2, 0.25) is 0 Å². The summed E-state index contributed by atoms with van der Waals surface area (Å²) in [6, 6.07) is 4.27. The first-order valence-corrected chi connectivity index (χ1v) is 7.67. The van der Waals surface area contributed by atoms with Crippen LogP contribution in [0.25, 0.3) is 11.1 Å². The molecule has 1 heterocycles. The molecule has 20 heavy (non-hydrogen) atoms. The molecule has 0 amide bonds. The highest BCUT2D eigenvalue weighted by Crippen LogP contribution is 2.32. The van der Waals surface area contributed by atoms with Crippen LogP contribution in [0, 0.1) is 13.8 Å². The van der Waals surface area contributed by atoms with Crippen molar-refractivity contribution in [3.8, 4) is 0 Å². The van der Waals surface area contributed by atoms with Crippen molar-refractivity contribution in [3.05, 3.63) is 29.2 Å². The van der Waals surface area contributed by atoms with Gasteiger partial charge in [0.05, 0.1) is 0 Å². The molecule has 1 aliphatic rings. The number of nitrogens with one attached hydrogen (secondary N) is 1. The first-order chi connectivity index (χ1) is 9.62. The highest BCUT2D eigenvalue weighted by atomic mass is 16.3. The van der Waals surface area contributed by atoms with E-state index in [-0.39, 0.29) is 5.54 Å². The Labute approximate surface area is 120 Å². The number of oxazole rings is 1. The predicted molar refractivity (Wildman–Crippen MR) is 82.1 cm³/mol. The van der Waals surface area contributed by atoms with Crippen LogP contribution < -0.4 is 5.32 Å². The molecule has 0 spiro atoms. The van der Waals surface area contributed by atoms with Crippen LogP contribution in [0.1, 0.15) is 49.1 Å². The molecule has 0 bridgehead atoms. The number of hydrogen-bond acceptors (Lipinski definition) is 3. The van der Waals surface area contributed by atoms with Crippen molar-refractivity contribution < 1.29 is 4.42 Å². The van der Waals surface area contributed by atoms with E-state index in [9.17, 15) is 0 Å². The van der Waals surface area contributed by atoms with Crippen LogP contribution in [0.4, 0.5) is 0 Å². The second-order valence-corrected chi connectivity index (χ2v) is 6.31. The molecule has 0 atom stereocenters. The molecule has 1 saturated carbocycles. The standard InChI is InChI=1S/C17H24N2O/c1-12-9-13(2)16-14(10-12)19-15(20-16)11-17(18-3)7-5-4-6-8-17/h9-10,18H,4-8,11H2,1-3H3. The minimum atomic E-state index is 0.183. The van der Waals surface area contributed by atoms with Crippen LogP contribution in [-0.2, 0) is 6.42 Å². The molecule has 1 fully saturated rings. The zero-order chi connectivity index (χ0) is 14.2. The normalized spacial score (nSPS) is 18.6. The molecule has 3 rings (SSSR count). The van der Waals surface area contributed by atoms with Crippen LogP contribution in [0.15, 0.2) is 16.5 Å². The smallest absolute Gasteiger partial charge is 0.197 e. The summed E-state index contributed by atoms with van der Waals surface area (Å²) in [7, 11) is 2.07. The fourth-order valence-corrected chi connectivity index (χ4v) is 3.53. The number of benzene rings is 1. The number of nitrogens with zero attached hydrogens (tertiary/aromatic N) is 1. The molecule has 1 aromatic carbocycles. The van der Waals surface area contributed by atoms with Gasteiger partial charge < -0.3 is 9.73 Å². The van der Waals surface area contributed by atoms with Crippen molar-refractivity contribution in [1.82, 2.24) is 10.3 Å². The summed E-state index contributed by atoms with van der Waals surface area (Å²) in [5, 5.41) is 3.54. The van der Waals surface area contributed by atoms with E-state index in [0.29, 0.717) is 0 Å². The van der Waals surface area contributed by atoms with E-state index in [1.54, 1.807) is 0 Å². The summed E-state index contributed by atoms with van der Waals surface area (Å²) in [6.07, 6.45) is 7.31. The summed E-state index contributed by atoms with van der Waals surface area (Å²) in [4.78, 5) is 4.71. The topological polar surface area (TPSA) is 38.1 Å². The Kier molecular flexibility index (Phi) is 3.55. The van der Waals surface area contributed by atoms with Crippen molar-refractivity contribution in [2.24, 2.45) is 0 Å². The third-order valence-electron chi connectivity index (χ3n) is 4.69. The van der Waals surface area contributed by atoms with Crippen LogP contribution in [0.5, 0.6) is 0 Å². The van der Waals surface area contributed by atoms with Gasteiger partial charge in [0.2, 0.25) is 0 Å². The Morgan fingerprint density at radius 1 is 1.20 bits per heavy atom. The molecule has 0 radical (unpaired) electrons. The summed E-state index contributed by atoms with van der Waals surface area (Å²) in [5.74, 6) is 0.880. The molecular formula is C17H24N2O. The number of likely N-dealkylation sites (N-methyl/N-ethyl adjacent to an activating group) is 1. The van der Waals surface area contributed by atoms with Gasteiger partial charge in [-0.1, -0.05) is 25.3 Å². The van der Waals surface area contributed by atoms with E-state index in [1.165, 1.54) is 43.2 Å². The molecule has 0 saturated heterocycles. The second-order valence-electron chi connectivity index (χ2n) is 6.31. The molecular weight excluding hydrogens is 248 g/mol. The maximum absolute atomic E-state index is 6.03. The Morgan fingerprint density at radius 3 is 2.65 bits per heavy atom. The van der Waals surface area contributed by atoms with Crippen LogP contribution >= 0.6 is 0 Å². The van der Waals surface area contributed by atoms with Crippen molar-refractivity contribution in [1.29, 1.82) is 0 Å². The zero-order valence-corrected chi connectivity index (χ0v) is 12.8. The van der Waals surface area contributed by atoms with E-state index < -0.39 is 0 Å². The first kappa shape index (κ1) is 13.6. The van der Waals surface area contributed by atoms with Crippen molar-refractivity contribution in [3.63, 3.8) is 0 Å².